The number of hydrogen-bond acceptors (Lipinski definition) is 0. The number of benzene rings is 2. The summed E-state index contributed by atoms with van der Waals surface area (Å²) in [5, 5.41) is 4.64. The van der Waals surface area contributed by atoms with Gasteiger partial charge in [-0.05, 0) is 11.3 Å². The zero-order valence-corrected chi connectivity index (χ0v) is 9.96. The summed E-state index contributed by atoms with van der Waals surface area (Å²) in [7, 11) is 7.19. The first-order chi connectivity index (χ1) is 7.27. The van der Waals surface area contributed by atoms with Crippen molar-refractivity contribution in [3.05, 3.63) is 36.4 Å². The lowest BCUT2D eigenvalue weighted by molar-refractivity contribution is 1.56. The lowest BCUT2D eigenvalue weighted by Crippen LogP contribution is -2.25. The maximum atomic E-state index is 3.63. The molecule has 6 radical (unpaired) electrons. The molecule has 0 aliphatic rings. The molecule has 0 saturated carbocycles. The second-order valence-electron chi connectivity index (χ2n) is 3.58. The minimum absolute atomic E-state index is 1.06. The summed E-state index contributed by atoms with van der Waals surface area (Å²) in [4.78, 5) is 3.41. The highest BCUT2D eigenvalue weighted by Gasteiger charge is 2.06. The van der Waals surface area contributed by atoms with E-state index in [0.717, 1.165) is 15.9 Å². The van der Waals surface area contributed by atoms with Crippen molar-refractivity contribution in [2.75, 3.05) is 0 Å². The summed E-state index contributed by atoms with van der Waals surface area (Å²) in [6.07, 6.45) is 0. The van der Waals surface area contributed by atoms with E-state index in [1.807, 2.05) is 6.07 Å². The number of para-hydroxylation sites is 1. The van der Waals surface area contributed by atoms with Crippen molar-refractivity contribution < 1.29 is 0 Å². The molecule has 3 aromatic rings. The Balaban J connectivity index is 2.60. The van der Waals surface area contributed by atoms with Gasteiger partial charge in [0.15, 0.2) is 0 Å². The van der Waals surface area contributed by atoms with Gasteiger partial charge >= 0.3 is 0 Å². The number of hydrogen-bond donors (Lipinski definition) is 1. The highest BCUT2D eigenvalue weighted by Crippen LogP contribution is 2.22. The molecule has 3 rings (SSSR count). The zero-order chi connectivity index (χ0) is 10.4. The van der Waals surface area contributed by atoms with Crippen LogP contribution in [0.3, 0.4) is 0 Å². The van der Waals surface area contributed by atoms with Gasteiger partial charge in [0.25, 0.3) is 0 Å². The first-order valence-corrected chi connectivity index (χ1v) is 5.74. The molecule has 15 heavy (non-hydrogen) atoms. The van der Waals surface area contributed by atoms with Gasteiger partial charge < -0.3 is 4.98 Å². The molecule has 0 fully saturated rings. The van der Waals surface area contributed by atoms with Gasteiger partial charge in [-0.3, -0.25) is 0 Å². The van der Waals surface area contributed by atoms with Crippen LogP contribution in [0.4, 0.5) is 0 Å². The molecule has 2 aromatic carbocycles. The quantitative estimate of drug-likeness (QED) is 0.543. The third kappa shape index (κ3) is 1.20. The number of rotatable bonds is 0. The van der Waals surface area contributed by atoms with Crippen LogP contribution < -0.4 is 10.4 Å². The summed E-state index contributed by atoms with van der Waals surface area (Å²) in [5.74, 6) is 0. The predicted molar refractivity (Wildman–Crippen MR) is 66.6 cm³/mol. The average molecular weight is 221 g/mol. The lowest BCUT2D eigenvalue weighted by atomic mass is 10.1. The van der Waals surface area contributed by atoms with Gasteiger partial charge in [0.1, 0.15) is 0 Å². The molecule has 0 unspecified atom stereocenters. The molecular weight excluding hydrogens is 214 g/mol. The monoisotopic (exact) mass is 221 g/mol. The van der Waals surface area contributed by atoms with Crippen LogP contribution in [0.1, 0.15) is 0 Å². The van der Waals surface area contributed by atoms with E-state index in [0.29, 0.717) is 0 Å². The van der Waals surface area contributed by atoms with Crippen LogP contribution in [0.2, 0.25) is 0 Å². The Morgan fingerprint density at radius 1 is 0.867 bits per heavy atom. The molecule has 0 bridgehead atoms. The maximum absolute atomic E-state index is 3.63. The Morgan fingerprint density at radius 3 is 2.53 bits per heavy atom. The Labute approximate surface area is 94.3 Å². The normalized spacial score (nSPS) is 11.3. The van der Waals surface area contributed by atoms with E-state index in [-0.39, 0.29) is 0 Å². The van der Waals surface area contributed by atoms with E-state index in [1.165, 1.54) is 16.3 Å². The maximum Gasteiger partial charge on any atom is 0.0739 e. The van der Waals surface area contributed by atoms with Crippen molar-refractivity contribution in [3.8, 4) is 0 Å². The number of aromatic amines is 1. The van der Waals surface area contributed by atoms with Crippen molar-refractivity contribution in [2.24, 2.45) is 0 Å². The molecule has 0 aliphatic heterocycles. The summed E-state index contributed by atoms with van der Waals surface area (Å²) in [6, 6.07) is 12.5. The van der Waals surface area contributed by atoms with E-state index >= 15 is 0 Å². The molecular formula is C12H7NSi2. The molecule has 1 heterocycles. The molecule has 0 atom stereocenters. The van der Waals surface area contributed by atoms with Crippen molar-refractivity contribution in [1.82, 2.24) is 4.98 Å². The van der Waals surface area contributed by atoms with Gasteiger partial charge in [0.2, 0.25) is 0 Å². The van der Waals surface area contributed by atoms with Gasteiger partial charge in [-0.25, -0.2) is 0 Å². The summed E-state index contributed by atoms with van der Waals surface area (Å²) >= 11 is 0. The van der Waals surface area contributed by atoms with Crippen molar-refractivity contribution in [2.45, 2.75) is 0 Å². The van der Waals surface area contributed by atoms with E-state index in [9.17, 15) is 0 Å². The minimum atomic E-state index is 1.06. The Hall–Kier alpha value is -1.33. The molecule has 3 heteroatoms. The largest absolute Gasteiger partial charge is 0.355 e. The second kappa shape index (κ2) is 3.08. The molecule has 1 aromatic heterocycles. The zero-order valence-electron chi connectivity index (χ0n) is 7.96. The van der Waals surface area contributed by atoms with Crippen LogP contribution in [0.5, 0.6) is 0 Å². The van der Waals surface area contributed by atoms with Crippen molar-refractivity contribution >= 4 is 52.7 Å². The van der Waals surface area contributed by atoms with Gasteiger partial charge in [-0.15, -0.1) is 0 Å². The Kier molecular flexibility index (Phi) is 1.84. The van der Waals surface area contributed by atoms with Gasteiger partial charge in [-0.1, -0.05) is 35.5 Å². The van der Waals surface area contributed by atoms with Crippen LogP contribution in [-0.2, 0) is 0 Å². The third-order valence-corrected chi connectivity index (χ3v) is 3.87. The minimum Gasteiger partial charge on any atom is -0.355 e. The van der Waals surface area contributed by atoms with Crippen LogP contribution in [-0.4, -0.2) is 25.5 Å². The molecule has 1 N–H and O–H groups in total. The SMILES string of the molecule is [Si]c1ccc2c([nH]c3ccccc32)c1[Si]. The van der Waals surface area contributed by atoms with Gasteiger partial charge in [0.05, 0.1) is 20.5 Å². The molecule has 0 amide bonds. The molecule has 1 nitrogen and oxygen atoms in total. The fourth-order valence-electron chi connectivity index (χ4n) is 1.92. The van der Waals surface area contributed by atoms with Crippen molar-refractivity contribution in [1.29, 1.82) is 0 Å². The van der Waals surface area contributed by atoms with Crippen LogP contribution in [0.25, 0.3) is 21.8 Å². The average Bonchev–Trinajstić information content (AvgIpc) is 2.63. The lowest BCUT2D eigenvalue weighted by Gasteiger charge is -2.00. The molecule has 68 valence electrons. The number of fused-ring (bicyclic) bond motifs is 3. The number of aromatic nitrogens is 1. The van der Waals surface area contributed by atoms with E-state index in [4.69, 9.17) is 0 Å². The van der Waals surface area contributed by atoms with E-state index < -0.39 is 0 Å². The third-order valence-electron chi connectivity index (χ3n) is 2.68. The van der Waals surface area contributed by atoms with Crippen molar-refractivity contribution in [3.63, 3.8) is 0 Å². The van der Waals surface area contributed by atoms with E-state index in [1.54, 1.807) is 0 Å². The smallest absolute Gasteiger partial charge is 0.0739 e. The summed E-state index contributed by atoms with van der Waals surface area (Å²) < 4.78 is 0. The first kappa shape index (κ1) is 8.94. The van der Waals surface area contributed by atoms with Gasteiger partial charge in [0, 0.05) is 21.8 Å². The van der Waals surface area contributed by atoms with Crippen LogP contribution in [0.15, 0.2) is 36.4 Å². The fraction of sp³-hybridized carbons (Fsp3) is 0. The first-order valence-electron chi connectivity index (χ1n) is 4.74. The highest BCUT2D eigenvalue weighted by atomic mass is 28.2. The fourth-order valence-corrected chi connectivity index (χ4v) is 2.41. The number of nitrogens with one attached hydrogen (secondary N) is 1. The second-order valence-corrected chi connectivity index (χ2v) is 4.62. The Morgan fingerprint density at radius 2 is 1.67 bits per heavy atom. The van der Waals surface area contributed by atoms with Crippen LogP contribution in [0, 0.1) is 0 Å². The van der Waals surface area contributed by atoms with E-state index in [2.05, 4.69) is 55.8 Å². The Bertz CT molecular complexity index is 655. The van der Waals surface area contributed by atoms with Gasteiger partial charge in [-0.2, -0.15) is 0 Å². The molecule has 0 aliphatic carbocycles. The topological polar surface area (TPSA) is 15.8 Å². The number of H-pyrrole nitrogens is 1. The summed E-state index contributed by atoms with van der Waals surface area (Å²) in [6.45, 7) is 0. The molecule has 0 saturated heterocycles. The standard InChI is InChI=1S/C12H7NSi2/c14-10-6-5-8-7-3-1-2-4-9(7)13-11(8)12(10)15/h1-6,13H. The predicted octanol–water partition coefficient (Wildman–Crippen LogP) is 0.909. The highest BCUT2D eigenvalue weighted by molar-refractivity contribution is 6.52. The van der Waals surface area contributed by atoms with Crippen LogP contribution >= 0.6 is 0 Å². The summed E-state index contributed by atoms with van der Waals surface area (Å²) in [5.41, 5.74) is 2.31. The molecule has 0 spiro atoms.